The maximum atomic E-state index is 2.45. The van der Waals surface area contributed by atoms with Crippen molar-refractivity contribution >= 4 is 0 Å². The van der Waals surface area contributed by atoms with E-state index in [1.54, 1.807) is 0 Å². The molecule has 0 N–H and O–H groups in total. The average molecular weight is 287 g/mol. The fraction of sp³-hybridized carbons (Fsp3) is 0.600. The van der Waals surface area contributed by atoms with Crippen molar-refractivity contribution in [1.82, 2.24) is 4.90 Å². The molecule has 0 aromatic heterocycles. The highest BCUT2D eigenvalue weighted by Gasteiger charge is 2.16. The van der Waals surface area contributed by atoms with Crippen molar-refractivity contribution in [2.45, 2.75) is 53.4 Å². The van der Waals surface area contributed by atoms with Crippen LogP contribution in [0.25, 0.3) is 0 Å². The van der Waals surface area contributed by atoms with E-state index in [0.29, 0.717) is 5.92 Å². The number of allylic oxidation sites excluding steroid dienone is 7. The van der Waals surface area contributed by atoms with E-state index >= 15 is 0 Å². The quantitative estimate of drug-likeness (QED) is 0.584. The minimum atomic E-state index is 0.673. The third kappa shape index (κ3) is 5.57. The van der Waals surface area contributed by atoms with Crippen LogP contribution in [-0.2, 0) is 0 Å². The Bertz CT molecular complexity index is 435. The van der Waals surface area contributed by atoms with Crippen LogP contribution >= 0.6 is 0 Å². The Labute approximate surface area is 132 Å². The second kappa shape index (κ2) is 8.92. The van der Waals surface area contributed by atoms with E-state index in [1.165, 1.54) is 42.4 Å². The molecular formula is C20H33N. The van der Waals surface area contributed by atoms with Crippen LogP contribution in [0.3, 0.4) is 0 Å². The first kappa shape index (κ1) is 17.8. The van der Waals surface area contributed by atoms with Crippen LogP contribution in [0.2, 0.25) is 0 Å². The molecule has 0 spiro atoms. The molecule has 0 aliphatic heterocycles. The first-order valence-corrected chi connectivity index (χ1v) is 8.39. The Morgan fingerprint density at radius 3 is 2.62 bits per heavy atom. The molecule has 1 aliphatic rings. The topological polar surface area (TPSA) is 3.24 Å². The van der Waals surface area contributed by atoms with Crippen LogP contribution in [0.1, 0.15) is 53.4 Å². The Balaban J connectivity index is 3.10. The molecule has 1 aliphatic carbocycles. The molecule has 1 nitrogen and oxygen atoms in total. The van der Waals surface area contributed by atoms with Crippen molar-refractivity contribution in [3.8, 4) is 0 Å². The number of hydrogen-bond donors (Lipinski definition) is 0. The van der Waals surface area contributed by atoms with Gasteiger partial charge < -0.3 is 4.90 Å². The van der Waals surface area contributed by atoms with Crippen molar-refractivity contribution < 1.29 is 0 Å². The lowest BCUT2D eigenvalue weighted by molar-refractivity contribution is 0.463. The number of hydrogen-bond acceptors (Lipinski definition) is 1. The monoisotopic (exact) mass is 287 g/mol. The molecule has 21 heavy (non-hydrogen) atoms. The maximum absolute atomic E-state index is 2.45. The maximum Gasteiger partial charge on any atom is 0.00556 e. The standard InChI is InChI=1S/C20H33N/c1-7-9-18-11-10-16(3)17(4)20(13-12-18)19(8-2)14-15-21(5)6/h8,12-16,18H,7,9-11H2,1-6H3/b13-12?,15-14-,19-8+,20-17?. The van der Waals surface area contributed by atoms with Crippen LogP contribution in [-0.4, -0.2) is 19.0 Å². The summed E-state index contributed by atoms with van der Waals surface area (Å²) in [7, 11) is 4.14. The Kier molecular flexibility index (Phi) is 7.56. The molecule has 118 valence electrons. The number of rotatable bonds is 5. The first-order chi connectivity index (χ1) is 9.99. The van der Waals surface area contributed by atoms with Gasteiger partial charge in [-0.25, -0.2) is 0 Å². The predicted octanol–water partition coefficient (Wildman–Crippen LogP) is 5.73. The minimum Gasteiger partial charge on any atom is -0.383 e. The second-order valence-electron chi connectivity index (χ2n) is 6.51. The van der Waals surface area contributed by atoms with Gasteiger partial charge in [-0.3, -0.25) is 0 Å². The van der Waals surface area contributed by atoms with E-state index in [4.69, 9.17) is 0 Å². The Hall–Kier alpha value is -1.24. The summed E-state index contributed by atoms with van der Waals surface area (Å²) in [6.07, 6.45) is 16.6. The lowest BCUT2D eigenvalue weighted by atomic mass is 9.83. The first-order valence-electron chi connectivity index (χ1n) is 8.39. The van der Waals surface area contributed by atoms with E-state index in [9.17, 15) is 0 Å². The minimum absolute atomic E-state index is 0.673. The molecule has 0 aromatic carbocycles. The summed E-state index contributed by atoms with van der Waals surface area (Å²) in [6, 6.07) is 0. The van der Waals surface area contributed by atoms with Crippen LogP contribution in [0.15, 0.2) is 47.2 Å². The van der Waals surface area contributed by atoms with Gasteiger partial charge in [0.2, 0.25) is 0 Å². The van der Waals surface area contributed by atoms with E-state index in [1.807, 2.05) is 0 Å². The average Bonchev–Trinajstić information content (AvgIpc) is 2.45. The summed E-state index contributed by atoms with van der Waals surface area (Å²) in [6.45, 7) is 9.10. The smallest absolute Gasteiger partial charge is 0.00556 e. The van der Waals surface area contributed by atoms with Gasteiger partial charge >= 0.3 is 0 Å². The largest absolute Gasteiger partial charge is 0.383 e. The molecule has 0 amide bonds. The lowest BCUT2D eigenvalue weighted by Crippen LogP contribution is -2.08. The van der Waals surface area contributed by atoms with Crippen LogP contribution in [0.4, 0.5) is 0 Å². The van der Waals surface area contributed by atoms with Crippen molar-refractivity contribution in [3.05, 3.63) is 47.2 Å². The Morgan fingerprint density at radius 2 is 2.05 bits per heavy atom. The highest BCUT2D eigenvalue weighted by atomic mass is 15.0. The molecule has 1 rings (SSSR count). The predicted molar refractivity (Wildman–Crippen MR) is 95.2 cm³/mol. The van der Waals surface area contributed by atoms with Gasteiger partial charge in [-0.15, -0.1) is 0 Å². The molecule has 0 radical (unpaired) electrons. The third-order valence-corrected chi connectivity index (χ3v) is 4.50. The van der Waals surface area contributed by atoms with Gasteiger partial charge in [0, 0.05) is 14.1 Å². The van der Waals surface area contributed by atoms with Gasteiger partial charge in [-0.05, 0) is 68.4 Å². The van der Waals surface area contributed by atoms with Gasteiger partial charge in [0.25, 0.3) is 0 Å². The molecule has 0 bridgehead atoms. The molecule has 0 fully saturated rings. The van der Waals surface area contributed by atoms with E-state index in [-0.39, 0.29) is 0 Å². The van der Waals surface area contributed by atoms with Crippen LogP contribution < -0.4 is 0 Å². The summed E-state index contributed by atoms with van der Waals surface area (Å²) in [5, 5.41) is 0. The fourth-order valence-electron chi connectivity index (χ4n) is 2.91. The van der Waals surface area contributed by atoms with Crippen molar-refractivity contribution in [2.24, 2.45) is 11.8 Å². The van der Waals surface area contributed by atoms with Gasteiger partial charge in [-0.2, -0.15) is 0 Å². The molecule has 2 atom stereocenters. The third-order valence-electron chi connectivity index (χ3n) is 4.50. The Morgan fingerprint density at radius 1 is 1.33 bits per heavy atom. The molecule has 1 heteroatoms. The zero-order valence-electron chi connectivity index (χ0n) is 14.8. The number of nitrogens with zero attached hydrogens (tertiary/aromatic N) is 1. The summed E-state index contributed by atoms with van der Waals surface area (Å²) in [5.41, 5.74) is 4.28. The zero-order chi connectivity index (χ0) is 15.8. The summed E-state index contributed by atoms with van der Waals surface area (Å²) in [4.78, 5) is 2.09. The fourth-order valence-corrected chi connectivity index (χ4v) is 2.91. The van der Waals surface area contributed by atoms with E-state index < -0.39 is 0 Å². The van der Waals surface area contributed by atoms with Gasteiger partial charge in [0.15, 0.2) is 0 Å². The van der Waals surface area contributed by atoms with Gasteiger partial charge in [0.1, 0.15) is 0 Å². The van der Waals surface area contributed by atoms with Crippen LogP contribution in [0.5, 0.6) is 0 Å². The van der Waals surface area contributed by atoms with Gasteiger partial charge in [0.05, 0.1) is 0 Å². The second-order valence-corrected chi connectivity index (χ2v) is 6.51. The lowest BCUT2D eigenvalue weighted by Gasteiger charge is -2.23. The molecule has 2 unspecified atom stereocenters. The summed E-state index contributed by atoms with van der Waals surface area (Å²) in [5.74, 6) is 1.42. The SMILES string of the molecule is C/C=C(\C=C/N(C)C)C1=C(C)C(C)CCC(CCC)C=C1. The van der Waals surface area contributed by atoms with Gasteiger partial charge in [-0.1, -0.05) is 44.1 Å². The zero-order valence-corrected chi connectivity index (χ0v) is 14.8. The molecular weight excluding hydrogens is 254 g/mol. The highest BCUT2D eigenvalue weighted by molar-refractivity contribution is 5.49. The summed E-state index contributed by atoms with van der Waals surface area (Å²) < 4.78 is 0. The molecule has 0 saturated heterocycles. The van der Waals surface area contributed by atoms with Crippen molar-refractivity contribution in [2.75, 3.05) is 14.1 Å². The molecule has 0 heterocycles. The van der Waals surface area contributed by atoms with Crippen molar-refractivity contribution in [1.29, 1.82) is 0 Å². The highest BCUT2D eigenvalue weighted by Crippen LogP contribution is 2.31. The molecule has 0 saturated carbocycles. The normalized spacial score (nSPS) is 24.4. The summed E-state index contributed by atoms with van der Waals surface area (Å²) >= 11 is 0. The van der Waals surface area contributed by atoms with E-state index in [2.05, 4.69) is 77.2 Å². The van der Waals surface area contributed by atoms with Crippen LogP contribution in [0, 0.1) is 11.8 Å². The van der Waals surface area contributed by atoms with Crippen molar-refractivity contribution in [3.63, 3.8) is 0 Å². The molecule has 0 aromatic rings. The van der Waals surface area contributed by atoms with E-state index in [0.717, 1.165) is 5.92 Å².